The first-order valence-corrected chi connectivity index (χ1v) is 10.0. The highest BCUT2D eigenvalue weighted by Gasteiger charge is 2.20. The van der Waals surface area contributed by atoms with Crippen molar-refractivity contribution in [2.75, 3.05) is 0 Å². The van der Waals surface area contributed by atoms with Gasteiger partial charge in [-0.25, -0.2) is 4.98 Å². The fraction of sp³-hybridized carbons (Fsp3) is 0.304. The van der Waals surface area contributed by atoms with Crippen LogP contribution in [0, 0.1) is 5.92 Å². The molecule has 0 saturated carbocycles. The minimum Gasteiger partial charge on any atom is -0.282 e. The number of aromatic amines is 2. The normalized spacial score (nSPS) is 11.5. The third-order valence-corrected chi connectivity index (χ3v) is 4.87. The third kappa shape index (κ3) is 3.97. The van der Waals surface area contributed by atoms with E-state index in [-0.39, 0.29) is 0 Å². The molecule has 0 spiro atoms. The highest BCUT2D eigenvalue weighted by molar-refractivity contribution is 5.68. The number of hydrogen-bond donors (Lipinski definition) is 2. The summed E-state index contributed by atoms with van der Waals surface area (Å²) < 4.78 is 0. The summed E-state index contributed by atoms with van der Waals surface area (Å²) in [5.41, 5.74) is 7.59. The summed E-state index contributed by atoms with van der Waals surface area (Å²) >= 11 is 0. The molecule has 3 aromatic heterocycles. The molecule has 0 saturated heterocycles. The fourth-order valence-corrected chi connectivity index (χ4v) is 3.59. The van der Waals surface area contributed by atoms with Crippen molar-refractivity contribution in [2.45, 2.75) is 40.0 Å². The Morgan fingerprint density at radius 2 is 1.62 bits per heavy atom. The number of nitrogens with zero attached hydrogens (tertiary/aromatic N) is 4. The van der Waals surface area contributed by atoms with E-state index in [1.807, 2.05) is 36.4 Å². The monoisotopic (exact) mass is 386 g/mol. The first-order valence-electron chi connectivity index (χ1n) is 10.0. The van der Waals surface area contributed by atoms with Crippen molar-refractivity contribution < 1.29 is 0 Å². The van der Waals surface area contributed by atoms with Crippen LogP contribution in [0.4, 0.5) is 0 Å². The molecule has 148 valence electrons. The van der Waals surface area contributed by atoms with E-state index in [1.165, 1.54) is 11.3 Å². The molecule has 0 aliphatic carbocycles. The van der Waals surface area contributed by atoms with Gasteiger partial charge in [0.25, 0.3) is 0 Å². The Balaban J connectivity index is 1.70. The van der Waals surface area contributed by atoms with Gasteiger partial charge in [0, 0.05) is 16.8 Å². The molecule has 0 aliphatic heterocycles. The van der Waals surface area contributed by atoms with Gasteiger partial charge in [0.1, 0.15) is 17.1 Å². The van der Waals surface area contributed by atoms with E-state index in [4.69, 9.17) is 4.98 Å². The smallest absolute Gasteiger partial charge is 0.116 e. The maximum absolute atomic E-state index is 4.84. The first kappa shape index (κ1) is 19.1. The van der Waals surface area contributed by atoms with Gasteiger partial charge < -0.3 is 0 Å². The van der Waals surface area contributed by atoms with Gasteiger partial charge in [-0.3, -0.25) is 15.2 Å². The Kier molecular flexibility index (Phi) is 5.25. The topological polar surface area (TPSA) is 83.1 Å². The second-order valence-corrected chi connectivity index (χ2v) is 8.04. The summed E-state index contributed by atoms with van der Waals surface area (Å²) in [4.78, 5) is 9.27. The molecule has 0 amide bonds. The van der Waals surface area contributed by atoms with E-state index >= 15 is 0 Å². The predicted molar refractivity (Wildman–Crippen MR) is 115 cm³/mol. The van der Waals surface area contributed by atoms with Crippen LogP contribution in [-0.2, 0) is 6.42 Å². The number of benzene rings is 1. The lowest BCUT2D eigenvalue weighted by Crippen LogP contribution is -2.01. The highest BCUT2D eigenvalue weighted by atomic mass is 15.1. The summed E-state index contributed by atoms with van der Waals surface area (Å²) in [6.45, 7) is 8.81. The van der Waals surface area contributed by atoms with Crippen LogP contribution in [-0.4, -0.2) is 30.4 Å². The number of hydrogen-bond acceptors (Lipinski definition) is 4. The van der Waals surface area contributed by atoms with Crippen molar-refractivity contribution in [2.24, 2.45) is 5.92 Å². The van der Waals surface area contributed by atoms with Crippen molar-refractivity contribution in [1.82, 2.24) is 30.4 Å². The fourth-order valence-electron chi connectivity index (χ4n) is 3.59. The zero-order valence-electron chi connectivity index (χ0n) is 17.3. The summed E-state index contributed by atoms with van der Waals surface area (Å²) in [6, 6.07) is 12.1. The largest absolute Gasteiger partial charge is 0.282 e. The van der Waals surface area contributed by atoms with Crippen LogP contribution in [0.1, 0.15) is 44.9 Å². The van der Waals surface area contributed by atoms with Gasteiger partial charge in [-0.1, -0.05) is 58.0 Å². The second-order valence-electron chi connectivity index (χ2n) is 8.04. The van der Waals surface area contributed by atoms with E-state index in [1.54, 1.807) is 12.4 Å². The van der Waals surface area contributed by atoms with Crippen molar-refractivity contribution >= 4 is 0 Å². The molecule has 1 aromatic carbocycles. The van der Waals surface area contributed by atoms with Crippen molar-refractivity contribution in [3.63, 3.8) is 0 Å². The predicted octanol–water partition coefficient (Wildman–Crippen LogP) is 5.25. The molecule has 29 heavy (non-hydrogen) atoms. The summed E-state index contributed by atoms with van der Waals surface area (Å²) in [7, 11) is 0. The van der Waals surface area contributed by atoms with Gasteiger partial charge >= 0.3 is 0 Å². The van der Waals surface area contributed by atoms with E-state index < -0.39 is 0 Å². The van der Waals surface area contributed by atoms with Crippen LogP contribution >= 0.6 is 0 Å². The van der Waals surface area contributed by atoms with Gasteiger partial charge in [0.15, 0.2) is 0 Å². The van der Waals surface area contributed by atoms with Crippen LogP contribution in [0.3, 0.4) is 0 Å². The van der Waals surface area contributed by atoms with Crippen LogP contribution < -0.4 is 0 Å². The highest BCUT2D eigenvalue weighted by Crippen LogP contribution is 2.31. The van der Waals surface area contributed by atoms with E-state index in [0.717, 1.165) is 40.5 Å². The zero-order valence-corrected chi connectivity index (χ0v) is 17.3. The Hall–Kier alpha value is -3.28. The lowest BCUT2D eigenvalue weighted by molar-refractivity contribution is 0.626. The number of aromatic nitrogens is 6. The van der Waals surface area contributed by atoms with Crippen LogP contribution in [0.25, 0.3) is 34.0 Å². The Labute approximate surface area is 170 Å². The minimum absolute atomic E-state index is 0.347. The number of H-pyrrole nitrogens is 2. The maximum atomic E-state index is 4.84. The van der Waals surface area contributed by atoms with Crippen LogP contribution in [0.5, 0.6) is 0 Å². The standard InChI is InChI=1S/C23H26N6/c1-14(2)10-19-22(15(3)4)23(29-28-19)21-13-24-12-20(25-21)18-11-17(26-27-18)16-8-6-5-7-9-16/h5-9,11-15H,10H2,1-4H3,(H,26,27)(H,28,29). The second kappa shape index (κ2) is 7.99. The van der Waals surface area contributed by atoms with E-state index in [0.29, 0.717) is 11.8 Å². The lowest BCUT2D eigenvalue weighted by atomic mass is 9.95. The molecule has 0 aliphatic rings. The van der Waals surface area contributed by atoms with Crippen molar-refractivity contribution in [3.05, 3.63) is 60.0 Å². The summed E-state index contributed by atoms with van der Waals surface area (Å²) in [5.74, 6) is 0.902. The molecule has 0 bridgehead atoms. The first-order chi connectivity index (χ1) is 14.0. The molecule has 4 rings (SSSR count). The Morgan fingerprint density at radius 1 is 0.862 bits per heavy atom. The maximum Gasteiger partial charge on any atom is 0.116 e. The van der Waals surface area contributed by atoms with E-state index in [9.17, 15) is 0 Å². The summed E-state index contributed by atoms with van der Waals surface area (Å²) in [6.07, 6.45) is 4.50. The van der Waals surface area contributed by atoms with Crippen molar-refractivity contribution in [1.29, 1.82) is 0 Å². The molecule has 0 unspecified atom stereocenters. The van der Waals surface area contributed by atoms with Gasteiger partial charge in [0.05, 0.1) is 23.8 Å². The van der Waals surface area contributed by atoms with Gasteiger partial charge in [0.2, 0.25) is 0 Å². The SMILES string of the molecule is CC(C)Cc1[nH]nc(-c2cncc(-c3cc(-c4ccccc4)n[nH]3)n2)c1C(C)C. The third-order valence-electron chi connectivity index (χ3n) is 4.87. The van der Waals surface area contributed by atoms with Crippen molar-refractivity contribution in [3.8, 4) is 34.0 Å². The molecule has 3 heterocycles. The van der Waals surface area contributed by atoms with E-state index in [2.05, 4.69) is 53.1 Å². The quantitative estimate of drug-likeness (QED) is 0.474. The number of nitrogens with one attached hydrogen (secondary N) is 2. The summed E-state index contributed by atoms with van der Waals surface area (Å²) in [5, 5.41) is 15.3. The molecule has 2 N–H and O–H groups in total. The minimum atomic E-state index is 0.347. The number of rotatable bonds is 6. The van der Waals surface area contributed by atoms with Crippen LogP contribution in [0.2, 0.25) is 0 Å². The zero-order chi connectivity index (χ0) is 20.4. The lowest BCUT2D eigenvalue weighted by Gasteiger charge is -2.11. The van der Waals surface area contributed by atoms with Gasteiger partial charge in [-0.05, 0) is 24.3 Å². The average molecular weight is 387 g/mol. The molecule has 6 heteroatoms. The molecule has 4 aromatic rings. The Morgan fingerprint density at radius 3 is 2.34 bits per heavy atom. The molecular weight excluding hydrogens is 360 g/mol. The van der Waals surface area contributed by atoms with Gasteiger partial charge in [-0.15, -0.1) is 0 Å². The molecular formula is C23H26N6. The van der Waals surface area contributed by atoms with Gasteiger partial charge in [-0.2, -0.15) is 10.2 Å². The molecule has 0 fully saturated rings. The Bertz CT molecular complexity index is 1090. The molecule has 0 atom stereocenters. The van der Waals surface area contributed by atoms with Crippen LogP contribution in [0.15, 0.2) is 48.8 Å². The average Bonchev–Trinajstić information content (AvgIpc) is 3.36. The molecule has 0 radical (unpaired) electrons. The molecule has 6 nitrogen and oxygen atoms in total.